The number of amides is 1. The largest absolute Gasteiger partial charge is 0.481 e. The van der Waals surface area contributed by atoms with Gasteiger partial charge >= 0.3 is 5.97 Å². The third kappa shape index (κ3) is 1.20. The molecule has 4 heteroatoms. The van der Waals surface area contributed by atoms with Crippen molar-refractivity contribution in [1.82, 2.24) is 4.90 Å². The first-order valence-electron chi connectivity index (χ1n) is 4.56. The molecule has 1 aliphatic heterocycles. The summed E-state index contributed by atoms with van der Waals surface area (Å²) in [6, 6.07) is 0. The molecule has 4 nitrogen and oxygen atoms in total. The molecular weight excluding hydrogens is 170 g/mol. The molecule has 0 aromatic rings. The van der Waals surface area contributed by atoms with E-state index >= 15 is 0 Å². The number of carbonyl (C=O) groups is 2. The number of likely N-dealkylation sites (tertiary alicyclic amines) is 1. The molecule has 13 heavy (non-hydrogen) atoms. The highest BCUT2D eigenvalue weighted by Gasteiger charge is 2.56. The molecule has 1 unspecified atom stereocenters. The van der Waals surface area contributed by atoms with Crippen molar-refractivity contribution in [3.8, 4) is 0 Å². The first-order valence-corrected chi connectivity index (χ1v) is 4.56. The lowest BCUT2D eigenvalue weighted by Crippen LogP contribution is -2.35. The molecule has 1 spiro atoms. The van der Waals surface area contributed by atoms with Crippen molar-refractivity contribution in [3.63, 3.8) is 0 Å². The Kier molecular flexibility index (Phi) is 1.62. The van der Waals surface area contributed by atoms with Gasteiger partial charge in [-0.15, -0.1) is 0 Å². The van der Waals surface area contributed by atoms with E-state index in [9.17, 15) is 9.59 Å². The van der Waals surface area contributed by atoms with Gasteiger partial charge in [0.1, 0.15) is 0 Å². The minimum absolute atomic E-state index is 0.0150. The van der Waals surface area contributed by atoms with Crippen LogP contribution in [0.15, 0.2) is 0 Å². The van der Waals surface area contributed by atoms with Crippen molar-refractivity contribution in [3.05, 3.63) is 0 Å². The highest BCUT2D eigenvalue weighted by molar-refractivity contribution is 5.78. The smallest absolute Gasteiger partial charge is 0.308 e. The summed E-state index contributed by atoms with van der Waals surface area (Å²) in [5.41, 5.74) is -0.0606. The maximum atomic E-state index is 11.2. The van der Waals surface area contributed by atoms with E-state index < -0.39 is 5.97 Å². The molecule has 1 atom stereocenters. The number of carboxylic acid groups (broad SMARTS) is 1. The van der Waals surface area contributed by atoms with Gasteiger partial charge in [0.05, 0.1) is 5.92 Å². The lowest BCUT2D eigenvalue weighted by Gasteiger charge is -2.21. The molecule has 1 heterocycles. The van der Waals surface area contributed by atoms with Crippen LogP contribution in [0.5, 0.6) is 0 Å². The Balaban J connectivity index is 2.14. The average Bonchev–Trinajstić information content (AvgIpc) is 2.61. The summed E-state index contributed by atoms with van der Waals surface area (Å²) in [6.45, 7) is 1.93. The monoisotopic (exact) mass is 183 g/mol. The second kappa shape index (κ2) is 2.47. The van der Waals surface area contributed by atoms with Gasteiger partial charge in [-0.1, -0.05) is 0 Å². The van der Waals surface area contributed by atoms with E-state index in [0.29, 0.717) is 13.0 Å². The maximum absolute atomic E-state index is 11.2. The average molecular weight is 183 g/mol. The van der Waals surface area contributed by atoms with E-state index in [1.54, 1.807) is 4.90 Å². The van der Waals surface area contributed by atoms with Crippen LogP contribution in [-0.4, -0.2) is 34.0 Å². The highest BCUT2D eigenvalue weighted by atomic mass is 16.4. The van der Waals surface area contributed by atoms with Gasteiger partial charge in [-0.05, 0) is 19.3 Å². The summed E-state index contributed by atoms with van der Waals surface area (Å²) in [5.74, 6) is -1.09. The van der Waals surface area contributed by atoms with Gasteiger partial charge in [-0.25, -0.2) is 0 Å². The van der Waals surface area contributed by atoms with Crippen LogP contribution in [0.2, 0.25) is 0 Å². The second-order valence-corrected chi connectivity index (χ2v) is 4.09. The zero-order chi connectivity index (χ0) is 9.64. The Hall–Kier alpha value is -1.06. The number of aliphatic carboxylic acids is 1. The molecule has 2 fully saturated rings. The Morgan fingerprint density at radius 2 is 2.08 bits per heavy atom. The quantitative estimate of drug-likeness (QED) is 0.643. The van der Waals surface area contributed by atoms with Gasteiger partial charge in [0.25, 0.3) is 0 Å². The van der Waals surface area contributed by atoms with Crippen molar-refractivity contribution in [2.45, 2.75) is 31.7 Å². The molecule has 72 valence electrons. The molecule has 1 saturated heterocycles. The number of carboxylic acids is 1. The summed E-state index contributed by atoms with van der Waals surface area (Å²) in [5, 5.41) is 8.83. The highest BCUT2D eigenvalue weighted by Crippen LogP contribution is 2.51. The Morgan fingerprint density at radius 1 is 1.46 bits per heavy atom. The van der Waals surface area contributed by atoms with Crippen molar-refractivity contribution in [2.75, 3.05) is 6.54 Å². The first kappa shape index (κ1) is 8.53. The van der Waals surface area contributed by atoms with Crippen molar-refractivity contribution < 1.29 is 14.7 Å². The van der Waals surface area contributed by atoms with Crippen LogP contribution in [0.1, 0.15) is 26.2 Å². The predicted molar refractivity (Wildman–Crippen MR) is 45.1 cm³/mol. The minimum atomic E-state index is -0.768. The number of carbonyl (C=O) groups excluding carboxylic acids is 1. The molecule has 0 aromatic carbocycles. The SMILES string of the molecule is CC(=O)N1CC(C(=O)O)CC12CC2. The zero-order valence-corrected chi connectivity index (χ0v) is 7.62. The van der Waals surface area contributed by atoms with E-state index in [0.717, 1.165) is 12.8 Å². The molecular formula is C9H13NO3. The fourth-order valence-corrected chi connectivity index (χ4v) is 2.29. The standard InChI is InChI=1S/C9H13NO3/c1-6(11)10-5-7(8(12)13)4-9(10)2-3-9/h7H,2-5H2,1H3,(H,12,13). The number of hydrogen-bond acceptors (Lipinski definition) is 2. The van der Waals surface area contributed by atoms with Crippen LogP contribution < -0.4 is 0 Å². The van der Waals surface area contributed by atoms with Gasteiger partial charge in [0, 0.05) is 19.0 Å². The van der Waals surface area contributed by atoms with Crippen LogP contribution in [0, 0.1) is 5.92 Å². The topological polar surface area (TPSA) is 57.6 Å². The van der Waals surface area contributed by atoms with E-state index in [-0.39, 0.29) is 17.4 Å². The molecule has 2 aliphatic rings. The molecule has 0 aromatic heterocycles. The van der Waals surface area contributed by atoms with Crippen molar-refractivity contribution in [2.24, 2.45) is 5.92 Å². The third-order valence-electron chi connectivity index (χ3n) is 3.16. The molecule has 0 radical (unpaired) electrons. The summed E-state index contributed by atoms with van der Waals surface area (Å²) < 4.78 is 0. The lowest BCUT2D eigenvalue weighted by atomic mass is 10.1. The Labute approximate surface area is 76.5 Å². The van der Waals surface area contributed by atoms with Crippen molar-refractivity contribution >= 4 is 11.9 Å². The van der Waals surface area contributed by atoms with E-state index in [1.165, 1.54) is 6.92 Å². The summed E-state index contributed by atoms with van der Waals surface area (Å²) in [7, 11) is 0. The fraction of sp³-hybridized carbons (Fsp3) is 0.778. The van der Waals surface area contributed by atoms with E-state index in [2.05, 4.69) is 0 Å². The van der Waals surface area contributed by atoms with Gasteiger partial charge in [-0.3, -0.25) is 9.59 Å². The van der Waals surface area contributed by atoms with Crippen LogP contribution in [0.3, 0.4) is 0 Å². The molecule has 1 aliphatic carbocycles. The Morgan fingerprint density at radius 3 is 2.38 bits per heavy atom. The second-order valence-electron chi connectivity index (χ2n) is 4.09. The van der Waals surface area contributed by atoms with Crippen molar-refractivity contribution in [1.29, 1.82) is 0 Å². The van der Waals surface area contributed by atoms with Crippen LogP contribution >= 0.6 is 0 Å². The number of nitrogens with zero attached hydrogens (tertiary/aromatic N) is 1. The van der Waals surface area contributed by atoms with Gasteiger partial charge in [0.15, 0.2) is 0 Å². The molecule has 1 N–H and O–H groups in total. The van der Waals surface area contributed by atoms with E-state index in [4.69, 9.17) is 5.11 Å². The molecule has 1 amide bonds. The molecule has 2 rings (SSSR count). The predicted octanol–water partition coefficient (Wildman–Crippen LogP) is 0.472. The lowest BCUT2D eigenvalue weighted by molar-refractivity contribution is -0.141. The van der Waals surface area contributed by atoms with Crippen LogP contribution in [0.25, 0.3) is 0 Å². The number of hydrogen-bond donors (Lipinski definition) is 1. The van der Waals surface area contributed by atoms with Gasteiger partial charge in [0.2, 0.25) is 5.91 Å². The summed E-state index contributed by atoms with van der Waals surface area (Å²) >= 11 is 0. The summed E-state index contributed by atoms with van der Waals surface area (Å²) in [6.07, 6.45) is 2.62. The van der Waals surface area contributed by atoms with Crippen LogP contribution in [0.4, 0.5) is 0 Å². The fourth-order valence-electron chi connectivity index (χ4n) is 2.29. The number of rotatable bonds is 1. The van der Waals surface area contributed by atoms with Gasteiger partial charge < -0.3 is 10.0 Å². The third-order valence-corrected chi connectivity index (χ3v) is 3.16. The normalized spacial score (nSPS) is 29.3. The Bertz CT molecular complexity index is 270. The van der Waals surface area contributed by atoms with Gasteiger partial charge in [-0.2, -0.15) is 0 Å². The molecule has 0 bridgehead atoms. The molecule has 1 saturated carbocycles. The minimum Gasteiger partial charge on any atom is -0.481 e. The summed E-state index contributed by atoms with van der Waals surface area (Å²) in [4.78, 5) is 23.7. The van der Waals surface area contributed by atoms with Crippen LogP contribution in [-0.2, 0) is 9.59 Å². The zero-order valence-electron chi connectivity index (χ0n) is 7.62. The van der Waals surface area contributed by atoms with E-state index in [1.807, 2.05) is 0 Å². The maximum Gasteiger partial charge on any atom is 0.308 e. The first-order chi connectivity index (χ1) is 6.05.